The Morgan fingerprint density at radius 1 is 1.06 bits per heavy atom. The minimum Gasteiger partial charge on any atom is -0.481 e. The zero-order valence-corrected chi connectivity index (χ0v) is 16.8. The van der Waals surface area contributed by atoms with Gasteiger partial charge in [0.25, 0.3) is 0 Å². The summed E-state index contributed by atoms with van der Waals surface area (Å²) in [6.07, 6.45) is 6.58. The lowest BCUT2D eigenvalue weighted by Crippen LogP contribution is -2.10. The third-order valence-electron chi connectivity index (χ3n) is 5.07. The van der Waals surface area contributed by atoms with Crippen molar-refractivity contribution in [2.24, 2.45) is 0 Å². The van der Waals surface area contributed by atoms with E-state index in [4.69, 9.17) is 9.84 Å². The number of nitrogens with zero attached hydrogens (tertiary/aromatic N) is 7. The number of pyridine rings is 1. The topological polar surface area (TPSA) is 83.5 Å². The third kappa shape index (κ3) is 3.29. The van der Waals surface area contributed by atoms with Crippen molar-refractivity contribution >= 4 is 11.0 Å². The molecule has 1 unspecified atom stereocenters. The van der Waals surface area contributed by atoms with Gasteiger partial charge in [0.15, 0.2) is 5.65 Å². The average Bonchev–Trinajstić information content (AvgIpc) is 3.45. The molecule has 0 saturated heterocycles. The Morgan fingerprint density at radius 2 is 1.94 bits per heavy atom. The van der Waals surface area contributed by atoms with Gasteiger partial charge in [-0.05, 0) is 25.1 Å². The fourth-order valence-electron chi connectivity index (χ4n) is 3.47. The molecule has 4 heterocycles. The maximum absolute atomic E-state index is 14.2. The number of para-hydroxylation sites is 1. The highest BCUT2D eigenvalue weighted by Gasteiger charge is 2.21. The molecule has 31 heavy (non-hydrogen) atoms. The smallest absolute Gasteiger partial charge is 0.213 e. The molecule has 0 radical (unpaired) electrons. The Hall–Kier alpha value is -4.14. The van der Waals surface area contributed by atoms with E-state index in [1.54, 1.807) is 59.3 Å². The number of hydrogen-bond acceptors (Lipinski definition) is 6. The van der Waals surface area contributed by atoms with E-state index in [1.165, 1.54) is 12.4 Å². The summed E-state index contributed by atoms with van der Waals surface area (Å²) in [6.45, 7) is 1.96. The zero-order chi connectivity index (χ0) is 21.4. The van der Waals surface area contributed by atoms with E-state index in [0.29, 0.717) is 28.6 Å². The summed E-state index contributed by atoms with van der Waals surface area (Å²) in [4.78, 5) is 17.6. The van der Waals surface area contributed by atoms with Crippen LogP contribution in [0, 0.1) is 5.82 Å². The Bertz CT molecular complexity index is 1380. The first-order valence-electron chi connectivity index (χ1n) is 9.64. The lowest BCUT2D eigenvalue weighted by Gasteiger charge is -2.10. The highest BCUT2D eigenvalue weighted by atomic mass is 19.1. The number of imidazole rings is 1. The predicted octanol–water partition coefficient (Wildman–Crippen LogP) is 3.83. The molecule has 4 aromatic heterocycles. The van der Waals surface area contributed by atoms with Gasteiger partial charge in [-0.2, -0.15) is 5.10 Å². The molecule has 9 heteroatoms. The van der Waals surface area contributed by atoms with Crippen molar-refractivity contribution in [1.29, 1.82) is 0 Å². The van der Waals surface area contributed by atoms with Gasteiger partial charge in [-0.1, -0.05) is 18.2 Å². The van der Waals surface area contributed by atoms with Crippen LogP contribution < -0.4 is 4.74 Å². The Labute approximate surface area is 177 Å². The van der Waals surface area contributed by atoms with Gasteiger partial charge in [0.05, 0.1) is 41.9 Å². The lowest BCUT2D eigenvalue weighted by atomic mass is 10.2. The summed E-state index contributed by atoms with van der Waals surface area (Å²) in [5.41, 5.74) is 3.11. The van der Waals surface area contributed by atoms with Gasteiger partial charge in [0, 0.05) is 18.5 Å². The molecule has 0 spiro atoms. The Morgan fingerprint density at radius 3 is 2.77 bits per heavy atom. The molecule has 8 nitrogen and oxygen atoms in total. The maximum atomic E-state index is 14.2. The Kier molecular flexibility index (Phi) is 4.62. The van der Waals surface area contributed by atoms with Crippen molar-refractivity contribution < 1.29 is 9.13 Å². The van der Waals surface area contributed by atoms with E-state index in [1.807, 2.05) is 19.1 Å². The first kappa shape index (κ1) is 18.9. The maximum Gasteiger partial charge on any atom is 0.213 e. The van der Waals surface area contributed by atoms with E-state index in [9.17, 15) is 4.39 Å². The fourth-order valence-corrected chi connectivity index (χ4v) is 3.47. The minimum absolute atomic E-state index is 0.259. The minimum atomic E-state index is -0.317. The molecule has 0 aliphatic rings. The molecular weight excluding hydrogens is 397 g/mol. The number of hydrogen-bond donors (Lipinski definition) is 0. The van der Waals surface area contributed by atoms with E-state index in [0.717, 1.165) is 11.1 Å². The van der Waals surface area contributed by atoms with Crippen molar-refractivity contribution in [3.8, 4) is 23.0 Å². The average molecular weight is 415 g/mol. The van der Waals surface area contributed by atoms with Crippen LogP contribution in [0.15, 0.2) is 67.5 Å². The van der Waals surface area contributed by atoms with Crippen LogP contribution in [0.5, 0.6) is 5.88 Å². The SMILES string of the molecule is COc1cccc(-c2nn(C(C)c3cn(-c4ccccc4F)cn3)c3ncncc23)n1. The molecule has 1 aromatic carbocycles. The van der Waals surface area contributed by atoms with Crippen LogP contribution >= 0.6 is 0 Å². The number of methoxy groups -OCH3 is 1. The quantitative estimate of drug-likeness (QED) is 0.434. The predicted molar refractivity (Wildman–Crippen MR) is 112 cm³/mol. The van der Waals surface area contributed by atoms with E-state index >= 15 is 0 Å². The second-order valence-corrected chi connectivity index (χ2v) is 6.95. The highest BCUT2D eigenvalue weighted by Crippen LogP contribution is 2.29. The van der Waals surface area contributed by atoms with E-state index in [2.05, 4.69) is 19.9 Å². The summed E-state index contributed by atoms with van der Waals surface area (Å²) < 4.78 is 22.9. The Balaban J connectivity index is 1.59. The molecule has 0 aliphatic carbocycles. The van der Waals surface area contributed by atoms with E-state index < -0.39 is 0 Å². The lowest BCUT2D eigenvalue weighted by molar-refractivity contribution is 0.398. The van der Waals surface area contributed by atoms with Gasteiger partial charge in [0.1, 0.15) is 17.8 Å². The van der Waals surface area contributed by atoms with E-state index in [-0.39, 0.29) is 11.9 Å². The number of benzene rings is 1. The van der Waals surface area contributed by atoms with Crippen molar-refractivity contribution in [2.75, 3.05) is 7.11 Å². The van der Waals surface area contributed by atoms with Crippen molar-refractivity contribution in [3.63, 3.8) is 0 Å². The van der Waals surface area contributed by atoms with Crippen LogP contribution in [-0.2, 0) is 0 Å². The summed E-state index contributed by atoms with van der Waals surface area (Å²) in [5.74, 6) is 0.177. The first-order valence-corrected chi connectivity index (χ1v) is 9.64. The van der Waals surface area contributed by atoms with Crippen LogP contribution in [-0.4, -0.2) is 41.4 Å². The molecular formula is C22H18FN7O. The number of halogens is 1. The van der Waals surface area contributed by atoms with Crippen LogP contribution in [0.1, 0.15) is 18.7 Å². The van der Waals surface area contributed by atoms with Crippen LogP contribution in [0.4, 0.5) is 4.39 Å². The summed E-state index contributed by atoms with van der Waals surface area (Å²) in [6, 6.07) is 11.8. The van der Waals surface area contributed by atoms with Crippen LogP contribution in [0.3, 0.4) is 0 Å². The van der Waals surface area contributed by atoms with Crippen molar-refractivity contribution in [2.45, 2.75) is 13.0 Å². The molecule has 154 valence electrons. The van der Waals surface area contributed by atoms with Crippen molar-refractivity contribution in [1.82, 2.24) is 34.3 Å². The monoisotopic (exact) mass is 415 g/mol. The molecule has 1 atom stereocenters. The van der Waals surface area contributed by atoms with Gasteiger partial charge in [-0.25, -0.2) is 29.0 Å². The van der Waals surface area contributed by atoms with Crippen LogP contribution in [0.25, 0.3) is 28.1 Å². The first-order chi connectivity index (χ1) is 15.2. The molecule has 5 rings (SSSR count). The van der Waals surface area contributed by atoms with Crippen molar-refractivity contribution in [3.05, 3.63) is 79.0 Å². The number of rotatable bonds is 5. The molecule has 0 aliphatic heterocycles. The second-order valence-electron chi connectivity index (χ2n) is 6.95. The number of fused-ring (bicyclic) bond motifs is 1. The summed E-state index contributed by atoms with van der Waals surface area (Å²) >= 11 is 0. The summed E-state index contributed by atoms with van der Waals surface area (Å²) in [7, 11) is 1.57. The van der Waals surface area contributed by atoms with Gasteiger partial charge < -0.3 is 9.30 Å². The third-order valence-corrected chi connectivity index (χ3v) is 5.07. The molecule has 0 N–H and O–H groups in total. The second kappa shape index (κ2) is 7.60. The van der Waals surface area contributed by atoms with Crippen LogP contribution in [0.2, 0.25) is 0 Å². The molecule has 0 saturated carbocycles. The largest absolute Gasteiger partial charge is 0.481 e. The van der Waals surface area contributed by atoms with Gasteiger partial charge in [-0.3, -0.25) is 0 Å². The summed E-state index contributed by atoms with van der Waals surface area (Å²) in [5, 5.41) is 5.55. The zero-order valence-electron chi connectivity index (χ0n) is 16.8. The highest BCUT2D eigenvalue weighted by molar-refractivity contribution is 5.89. The molecule has 0 bridgehead atoms. The molecule has 0 amide bonds. The fraction of sp³-hybridized carbons (Fsp3) is 0.136. The molecule has 0 fully saturated rings. The van der Waals surface area contributed by atoms with Gasteiger partial charge in [-0.15, -0.1) is 0 Å². The van der Waals surface area contributed by atoms with Gasteiger partial charge in [0.2, 0.25) is 5.88 Å². The number of aromatic nitrogens is 7. The normalized spacial score (nSPS) is 12.2. The standard InChI is InChI=1S/C22H18FN7O/c1-14(18-11-29(13-26-18)19-8-4-3-6-16(19)23)30-22-15(10-24-12-25-22)21(28-30)17-7-5-9-20(27-17)31-2/h3-14H,1-2H3. The molecule has 5 aromatic rings. The van der Waals surface area contributed by atoms with Gasteiger partial charge >= 0.3 is 0 Å². The number of ether oxygens (including phenoxy) is 1.